The molecule has 0 spiro atoms. The van der Waals surface area contributed by atoms with Crippen molar-refractivity contribution < 1.29 is 5.11 Å². The maximum atomic E-state index is 9.28. The first-order valence-corrected chi connectivity index (χ1v) is 6.63. The van der Waals surface area contributed by atoms with Gasteiger partial charge in [-0.05, 0) is 19.3 Å². The lowest BCUT2D eigenvalue weighted by Crippen LogP contribution is -2.44. The summed E-state index contributed by atoms with van der Waals surface area (Å²) in [4.78, 5) is 5.70. The van der Waals surface area contributed by atoms with Crippen LogP contribution in [0.3, 0.4) is 0 Å². The second-order valence-corrected chi connectivity index (χ2v) is 5.88. The van der Waals surface area contributed by atoms with Gasteiger partial charge in [-0.3, -0.25) is 0 Å². The quantitative estimate of drug-likeness (QED) is 0.805. The first-order valence-electron chi connectivity index (χ1n) is 5.81. The number of nitrogens with one attached hydrogen (secondary N) is 1. The highest BCUT2D eigenvalue weighted by Crippen LogP contribution is 2.22. The van der Waals surface area contributed by atoms with Gasteiger partial charge < -0.3 is 10.4 Å². The fraction of sp³-hybridized carbons (Fsp3) is 0.750. The van der Waals surface area contributed by atoms with Gasteiger partial charge >= 0.3 is 0 Å². The zero-order valence-electron chi connectivity index (χ0n) is 10.6. The summed E-state index contributed by atoms with van der Waals surface area (Å²) in [6.45, 7) is 9.35. The van der Waals surface area contributed by atoms with Crippen LogP contribution < -0.4 is 5.32 Å². The van der Waals surface area contributed by atoms with Gasteiger partial charge in [-0.25, -0.2) is 4.98 Å². The highest BCUT2D eigenvalue weighted by molar-refractivity contribution is 7.11. The van der Waals surface area contributed by atoms with Crippen molar-refractivity contribution in [1.29, 1.82) is 0 Å². The second kappa shape index (κ2) is 5.75. The van der Waals surface area contributed by atoms with Crippen LogP contribution in [0.25, 0.3) is 0 Å². The van der Waals surface area contributed by atoms with Gasteiger partial charge in [-0.15, -0.1) is 11.3 Å². The Hall–Kier alpha value is -0.450. The summed E-state index contributed by atoms with van der Waals surface area (Å²) in [5, 5.41) is 13.7. The molecule has 1 aromatic rings. The molecule has 0 radical (unpaired) electrons. The zero-order chi connectivity index (χ0) is 12.2. The Labute approximate surface area is 102 Å². The lowest BCUT2D eigenvalue weighted by atomic mass is 10.0. The third-order valence-electron chi connectivity index (χ3n) is 2.94. The van der Waals surface area contributed by atoms with E-state index in [1.807, 2.05) is 13.1 Å². The SMILES string of the molecule is CCC(C)(CO)NCc1ncc(C(C)C)s1. The Bertz CT molecular complexity index is 319. The van der Waals surface area contributed by atoms with Crippen molar-refractivity contribution in [3.8, 4) is 0 Å². The molecule has 0 bridgehead atoms. The van der Waals surface area contributed by atoms with E-state index in [-0.39, 0.29) is 12.1 Å². The Morgan fingerprint density at radius 3 is 2.69 bits per heavy atom. The molecule has 2 N–H and O–H groups in total. The molecule has 3 nitrogen and oxygen atoms in total. The van der Waals surface area contributed by atoms with Crippen molar-refractivity contribution >= 4 is 11.3 Å². The molecule has 1 atom stereocenters. The van der Waals surface area contributed by atoms with E-state index in [0.717, 1.165) is 18.0 Å². The predicted molar refractivity (Wildman–Crippen MR) is 68.8 cm³/mol. The minimum Gasteiger partial charge on any atom is -0.394 e. The van der Waals surface area contributed by atoms with E-state index < -0.39 is 0 Å². The maximum absolute atomic E-state index is 9.28. The van der Waals surface area contributed by atoms with Crippen LogP contribution in [0.2, 0.25) is 0 Å². The number of hydrogen-bond acceptors (Lipinski definition) is 4. The minimum atomic E-state index is -0.191. The summed E-state index contributed by atoms with van der Waals surface area (Å²) in [5.41, 5.74) is -0.191. The molecule has 1 unspecified atom stereocenters. The highest BCUT2D eigenvalue weighted by Gasteiger charge is 2.20. The summed E-state index contributed by atoms with van der Waals surface area (Å²) in [5.74, 6) is 0.543. The molecule has 16 heavy (non-hydrogen) atoms. The Kier molecular flexibility index (Phi) is 4.89. The van der Waals surface area contributed by atoms with Crippen LogP contribution in [0.5, 0.6) is 0 Å². The van der Waals surface area contributed by atoms with E-state index in [1.165, 1.54) is 4.88 Å². The molecule has 4 heteroatoms. The van der Waals surface area contributed by atoms with E-state index in [2.05, 4.69) is 31.1 Å². The number of hydrogen-bond donors (Lipinski definition) is 2. The van der Waals surface area contributed by atoms with Crippen molar-refractivity contribution in [2.45, 2.75) is 52.1 Å². The van der Waals surface area contributed by atoms with Crippen LogP contribution in [0, 0.1) is 0 Å². The summed E-state index contributed by atoms with van der Waals surface area (Å²) in [6.07, 6.45) is 2.86. The molecule has 1 aromatic heterocycles. The number of aliphatic hydroxyl groups excluding tert-OH is 1. The highest BCUT2D eigenvalue weighted by atomic mass is 32.1. The van der Waals surface area contributed by atoms with Crippen LogP contribution in [0.4, 0.5) is 0 Å². The summed E-state index contributed by atoms with van der Waals surface area (Å²) < 4.78 is 0. The Morgan fingerprint density at radius 2 is 2.25 bits per heavy atom. The van der Waals surface area contributed by atoms with Gasteiger partial charge in [0.2, 0.25) is 0 Å². The van der Waals surface area contributed by atoms with Gasteiger partial charge in [0.15, 0.2) is 0 Å². The molecule has 0 amide bonds. The predicted octanol–water partition coefficient (Wildman–Crippen LogP) is 2.52. The summed E-state index contributed by atoms with van der Waals surface area (Å²) in [7, 11) is 0. The molecule has 0 aliphatic rings. The summed E-state index contributed by atoms with van der Waals surface area (Å²) >= 11 is 1.75. The molecule has 0 saturated heterocycles. The molecule has 1 heterocycles. The van der Waals surface area contributed by atoms with Crippen LogP contribution in [0.1, 0.15) is 49.9 Å². The van der Waals surface area contributed by atoms with Gasteiger partial charge in [0, 0.05) is 23.2 Å². The molecule has 1 rings (SSSR count). The summed E-state index contributed by atoms with van der Waals surface area (Å²) in [6, 6.07) is 0. The van der Waals surface area contributed by atoms with Crippen molar-refractivity contribution in [2.75, 3.05) is 6.61 Å². The van der Waals surface area contributed by atoms with Gasteiger partial charge in [0.05, 0.1) is 6.61 Å². The number of aromatic nitrogens is 1. The minimum absolute atomic E-state index is 0.159. The number of rotatable bonds is 6. The second-order valence-electron chi connectivity index (χ2n) is 4.74. The van der Waals surface area contributed by atoms with Gasteiger partial charge in [-0.2, -0.15) is 0 Å². The number of thiazole rings is 1. The number of nitrogens with zero attached hydrogens (tertiary/aromatic N) is 1. The van der Waals surface area contributed by atoms with Crippen LogP contribution in [-0.2, 0) is 6.54 Å². The number of aliphatic hydroxyl groups is 1. The topological polar surface area (TPSA) is 45.1 Å². The third kappa shape index (κ3) is 3.54. The standard InChI is InChI=1S/C12H22N2OS/c1-5-12(4,8-15)14-7-11-13-6-10(16-11)9(2)3/h6,9,14-15H,5,7-8H2,1-4H3. The van der Waals surface area contributed by atoms with Crippen molar-refractivity contribution in [1.82, 2.24) is 10.3 Å². The van der Waals surface area contributed by atoms with Crippen molar-refractivity contribution in [3.63, 3.8) is 0 Å². The average molecular weight is 242 g/mol. The van der Waals surface area contributed by atoms with Gasteiger partial charge in [0.25, 0.3) is 0 Å². The fourth-order valence-corrected chi connectivity index (χ4v) is 2.12. The van der Waals surface area contributed by atoms with Crippen LogP contribution in [-0.4, -0.2) is 22.2 Å². The van der Waals surface area contributed by atoms with Gasteiger partial charge in [-0.1, -0.05) is 20.8 Å². The van der Waals surface area contributed by atoms with Crippen molar-refractivity contribution in [2.24, 2.45) is 0 Å². The lowest BCUT2D eigenvalue weighted by Gasteiger charge is -2.26. The molecule has 0 aromatic carbocycles. The van der Waals surface area contributed by atoms with E-state index in [1.54, 1.807) is 11.3 Å². The Balaban J connectivity index is 2.54. The zero-order valence-corrected chi connectivity index (χ0v) is 11.4. The van der Waals surface area contributed by atoms with E-state index in [4.69, 9.17) is 0 Å². The normalized spacial score (nSPS) is 15.4. The third-order valence-corrected chi connectivity index (χ3v) is 4.23. The van der Waals surface area contributed by atoms with E-state index >= 15 is 0 Å². The first kappa shape index (κ1) is 13.6. The molecule has 92 valence electrons. The molecule has 0 saturated carbocycles. The molecule has 0 aliphatic heterocycles. The monoisotopic (exact) mass is 242 g/mol. The van der Waals surface area contributed by atoms with Crippen molar-refractivity contribution in [3.05, 3.63) is 16.1 Å². The largest absolute Gasteiger partial charge is 0.394 e. The molecule has 0 aliphatic carbocycles. The molecule has 0 fully saturated rings. The van der Waals surface area contributed by atoms with Gasteiger partial charge in [0.1, 0.15) is 5.01 Å². The average Bonchev–Trinajstić information content (AvgIpc) is 2.75. The maximum Gasteiger partial charge on any atom is 0.107 e. The molecular formula is C12H22N2OS. The molecular weight excluding hydrogens is 220 g/mol. The van der Waals surface area contributed by atoms with E-state index in [9.17, 15) is 5.11 Å². The Morgan fingerprint density at radius 1 is 1.56 bits per heavy atom. The lowest BCUT2D eigenvalue weighted by molar-refractivity contribution is 0.169. The van der Waals surface area contributed by atoms with E-state index in [0.29, 0.717) is 5.92 Å². The van der Waals surface area contributed by atoms with Crippen LogP contribution >= 0.6 is 11.3 Å². The van der Waals surface area contributed by atoms with Crippen LogP contribution in [0.15, 0.2) is 6.20 Å². The fourth-order valence-electron chi connectivity index (χ4n) is 1.25. The first-order chi connectivity index (χ1) is 7.50. The smallest absolute Gasteiger partial charge is 0.107 e.